The molecule has 0 aromatic heterocycles. The SMILES string of the molecule is CNC(=O)C(NC(=O)c1cc(F)ccc1Br)c1ccc(F)c(F)c1. The quantitative estimate of drug-likeness (QED) is 0.828. The summed E-state index contributed by atoms with van der Waals surface area (Å²) in [6.07, 6.45) is 0. The Bertz CT molecular complexity index is 799. The van der Waals surface area contributed by atoms with Gasteiger partial charge in [-0.15, -0.1) is 0 Å². The summed E-state index contributed by atoms with van der Waals surface area (Å²) in [5.41, 5.74) is 0.0145. The van der Waals surface area contributed by atoms with Crippen molar-refractivity contribution in [3.8, 4) is 0 Å². The van der Waals surface area contributed by atoms with E-state index in [0.717, 1.165) is 24.3 Å². The van der Waals surface area contributed by atoms with Crippen LogP contribution in [0.25, 0.3) is 0 Å². The first kappa shape index (κ1) is 18.0. The average Bonchev–Trinajstić information content (AvgIpc) is 2.56. The molecule has 126 valence electrons. The highest BCUT2D eigenvalue weighted by molar-refractivity contribution is 9.10. The van der Waals surface area contributed by atoms with E-state index in [4.69, 9.17) is 0 Å². The van der Waals surface area contributed by atoms with Crippen molar-refractivity contribution in [1.82, 2.24) is 10.6 Å². The first-order valence-electron chi connectivity index (χ1n) is 6.76. The highest BCUT2D eigenvalue weighted by Gasteiger charge is 2.24. The van der Waals surface area contributed by atoms with Gasteiger partial charge in [0.05, 0.1) is 5.56 Å². The van der Waals surface area contributed by atoms with Crippen molar-refractivity contribution < 1.29 is 22.8 Å². The zero-order valence-corrected chi connectivity index (χ0v) is 14.0. The monoisotopic (exact) mass is 400 g/mol. The molecule has 0 aliphatic rings. The lowest BCUT2D eigenvalue weighted by molar-refractivity contribution is -0.122. The van der Waals surface area contributed by atoms with E-state index in [1.165, 1.54) is 19.2 Å². The summed E-state index contributed by atoms with van der Waals surface area (Å²) in [6.45, 7) is 0. The number of hydrogen-bond donors (Lipinski definition) is 2. The van der Waals surface area contributed by atoms with Gasteiger partial charge in [-0.05, 0) is 51.8 Å². The molecule has 4 nitrogen and oxygen atoms in total. The van der Waals surface area contributed by atoms with Crippen LogP contribution in [0.4, 0.5) is 13.2 Å². The molecule has 1 unspecified atom stereocenters. The minimum atomic E-state index is -1.27. The van der Waals surface area contributed by atoms with Crippen LogP contribution in [0.15, 0.2) is 40.9 Å². The van der Waals surface area contributed by atoms with Crippen LogP contribution < -0.4 is 10.6 Å². The molecule has 0 aliphatic carbocycles. The van der Waals surface area contributed by atoms with Crippen LogP contribution in [0.2, 0.25) is 0 Å². The normalized spacial score (nSPS) is 11.7. The molecule has 2 amide bonds. The minimum absolute atomic E-state index is 0.0357. The summed E-state index contributed by atoms with van der Waals surface area (Å²) in [4.78, 5) is 24.3. The topological polar surface area (TPSA) is 58.2 Å². The van der Waals surface area contributed by atoms with E-state index in [2.05, 4.69) is 26.6 Å². The molecule has 2 rings (SSSR count). The average molecular weight is 401 g/mol. The van der Waals surface area contributed by atoms with Gasteiger partial charge in [0.15, 0.2) is 11.6 Å². The molecule has 1 atom stereocenters. The van der Waals surface area contributed by atoms with Crippen LogP contribution in [0, 0.1) is 17.5 Å². The maximum Gasteiger partial charge on any atom is 0.253 e. The van der Waals surface area contributed by atoms with Crippen LogP contribution in [-0.2, 0) is 4.79 Å². The van der Waals surface area contributed by atoms with Gasteiger partial charge in [0, 0.05) is 11.5 Å². The van der Waals surface area contributed by atoms with Gasteiger partial charge in [-0.25, -0.2) is 13.2 Å². The number of carbonyl (C=O) groups is 2. The summed E-state index contributed by atoms with van der Waals surface area (Å²) >= 11 is 3.11. The van der Waals surface area contributed by atoms with E-state index in [1.807, 2.05) is 0 Å². The number of halogens is 4. The number of likely N-dealkylation sites (N-methyl/N-ethyl adjacent to an activating group) is 1. The molecule has 0 heterocycles. The fourth-order valence-corrected chi connectivity index (χ4v) is 2.44. The Kier molecular flexibility index (Phi) is 5.61. The van der Waals surface area contributed by atoms with Crippen molar-refractivity contribution in [1.29, 1.82) is 0 Å². The first-order chi connectivity index (χ1) is 11.3. The molecule has 0 bridgehead atoms. The summed E-state index contributed by atoms with van der Waals surface area (Å²) in [5.74, 6) is -4.24. The van der Waals surface area contributed by atoms with Gasteiger partial charge in [0.1, 0.15) is 11.9 Å². The lowest BCUT2D eigenvalue weighted by atomic mass is 10.0. The van der Waals surface area contributed by atoms with Gasteiger partial charge in [-0.1, -0.05) is 6.07 Å². The Morgan fingerprint density at radius 3 is 2.38 bits per heavy atom. The third-order valence-electron chi connectivity index (χ3n) is 3.23. The zero-order valence-electron chi connectivity index (χ0n) is 12.4. The lowest BCUT2D eigenvalue weighted by Gasteiger charge is -2.18. The minimum Gasteiger partial charge on any atom is -0.357 e. The summed E-state index contributed by atoms with van der Waals surface area (Å²) in [5, 5.41) is 4.70. The summed E-state index contributed by atoms with van der Waals surface area (Å²) in [7, 11) is 1.33. The lowest BCUT2D eigenvalue weighted by Crippen LogP contribution is -2.39. The Morgan fingerprint density at radius 2 is 1.75 bits per heavy atom. The van der Waals surface area contributed by atoms with Crippen molar-refractivity contribution in [3.05, 3.63) is 69.4 Å². The molecule has 2 N–H and O–H groups in total. The Hall–Kier alpha value is -2.35. The highest BCUT2D eigenvalue weighted by atomic mass is 79.9. The fourth-order valence-electron chi connectivity index (χ4n) is 2.02. The molecule has 0 saturated carbocycles. The van der Waals surface area contributed by atoms with E-state index in [0.29, 0.717) is 4.47 Å². The van der Waals surface area contributed by atoms with Gasteiger partial charge in [-0.2, -0.15) is 0 Å². The second-order valence-corrected chi connectivity index (χ2v) is 5.67. The highest BCUT2D eigenvalue weighted by Crippen LogP contribution is 2.21. The molecule has 8 heteroatoms. The maximum absolute atomic E-state index is 13.4. The predicted octanol–water partition coefficient (Wildman–Crippen LogP) is 3.08. The Morgan fingerprint density at radius 1 is 1.04 bits per heavy atom. The number of rotatable bonds is 4. The number of hydrogen-bond acceptors (Lipinski definition) is 2. The van der Waals surface area contributed by atoms with E-state index in [-0.39, 0.29) is 11.1 Å². The van der Waals surface area contributed by atoms with Crippen molar-refractivity contribution in [2.45, 2.75) is 6.04 Å². The van der Waals surface area contributed by atoms with E-state index in [1.54, 1.807) is 0 Å². The van der Waals surface area contributed by atoms with Crippen molar-refractivity contribution in [2.24, 2.45) is 0 Å². The Balaban J connectivity index is 2.35. The largest absolute Gasteiger partial charge is 0.357 e. The molecule has 24 heavy (non-hydrogen) atoms. The molecule has 2 aromatic rings. The van der Waals surface area contributed by atoms with Gasteiger partial charge in [0.2, 0.25) is 5.91 Å². The number of nitrogens with one attached hydrogen (secondary N) is 2. The van der Waals surface area contributed by atoms with Crippen LogP contribution in [0.1, 0.15) is 22.0 Å². The molecule has 2 aromatic carbocycles. The summed E-state index contributed by atoms with van der Waals surface area (Å²) < 4.78 is 40.1. The number of benzene rings is 2. The van der Waals surface area contributed by atoms with E-state index >= 15 is 0 Å². The smallest absolute Gasteiger partial charge is 0.253 e. The van der Waals surface area contributed by atoms with Crippen LogP contribution >= 0.6 is 15.9 Å². The molecule has 0 radical (unpaired) electrons. The molecule has 0 aliphatic heterocycles. The standard InChI is InChI=1S/C16H12BrF3N2O2/c1-21-16(24)14(8-2-5-12(19)13(20)6-8)22-15(23)10-7-9(18)3-4-11(10)17/h2-7,14H,1H3,(H,21,24)(H,22,23). The molecule has 0 fully saturated rings. The Labute approximate surface area is 144 Å². The fraction of sp³-hybridized carbons (Fsp3) is 0.125. The maximum atomic E-state index is 13.4. The van der Waals surface area contributed by atoms with Crippen LogP contribution in [0.5, 0.6) is 0 Å². The van der Waals surface area contributed by atoms with Gasteiger partial charge in [-0.3, -0.25) is 9.59 Å². The van der Waals surface area contributed by atoms with Gasteiger partial charge < -0.3 is 10.6 Å². The van der Waals surface area contributed by atoms with Crippen molar-refractivity contribution in [2.75, 3.05) is 7.05 Å². The van der Waals surface area contributed by atoms with E-state index < -0.39 is 35.3 Å². The predicted molar refractivity (Wildman–Crippen MR) is 84.7 cm³/mol. The van der Waals surface area contributed by atoms with Crippen molar-refractivity contribution >= 4 is 27.7 Å². The van der Waals surface area contributed by atoms with Gasteiger partial charge >= 0.3 is 0 Å². The second-order valence-electron chi connectivity index (χ2n) is 4.82. The van der Waals surface area contributed by atoms with E-state index in [9.17, 15) is 22.8 Å². The molecule has 0 saturated heterocycles. The number of carbonyl (C=O) groups excluding carboxylic acids is 2. The zero-order chi connectivity index (χ0) is 17.9. The summed E-state index contributed by atoms with van der Waals surface area (Å²) in [6, 6.07) is 5.07. The third kappa shape index (κ3) is 3.94. The molecule has 0 spiro atoms. The van der Waals surface area contributed by atoms with Crippen LogP contribution in [-0.4, -0.2) is 18.9 Å². The first-order valence-corrected chi connectivity index (χ1v) is 7.55. The van der Waals surface area contributed by atoms with Crippen LogP contribution in [0.3, 0.4) is 0 Å². The van der Waals surface area contributed by atoms with Crippen molar-refractivity contribution in [3.63, 3.8) is 0 Å². The van der Waals surface area contributed by atoms with Gasteiger partial charge in [0.25, 0.3) is 5.91 Å². The second kappa shape index (κ2) is 7.48. The number of amides is 2. The third-order valence-corrected chi connectivity index (χ3v) is 3.93. The molecular weight excluding hydrogens is 389 g/mol. The molecular formula is C16H12BrF3N2O2.